The zero-order valence-electron chi connectivity index (χ0n) is 9.68. The van der Waals surface area contributed by atoms with Crippen molar-refractivity contribution in [2.75, 3.05) is 6.61 Å². The molecule has 2 bridgehead atoms. The minimum absolute atomic E-state index is 0.126. The van der Waals surface area contributed by atoms with Gasteiger partial charge in [0, 0.05) is 12.1 Å². The quantitative estimate of drug-likeness (QED) is 0.733. The van der Waals surface area contributed by atoms with Gasteiger partial charge in [0.25, 0.3) is 0 Å². The van der Waals surface area contributed by atoms with Crippen molar-refractivity contribution in [3.8, 4) is 0 Å². The summed E-state index contributed by atoms with van der Waals surface area (Å²) in [6.07, 6.45) is 5.05. The van der Waals surface area contributed by atoms with Gasteiger partial charge in [-0.1, -0.05) is 13.8 Å². The SMILES string of the molecule is CC(C)CC1(C)CC2CCC(CO1)N2. The minimum atomic E-state index is 0.126. The molecule has 3 unspecified atom stereocenters. The van der Waals surface area contributed by atoms with Gasteiger partial charge < -0.3 is 10.1 Å². The molecule has 82 valence electrons. The summed E-state index contributed by atoms with van der Waals surface area (Å²) < 4.78 is 6.07. The average Bonchev–Trinajstić information content (AvgIpc) is 2.39. The van der Waals surface area contributed by atoms with E-state index in [9.17, 15) is 0 Å². The highest BCUT2D eigenvalue weighted by atomic mass is 16.5. The predicted octanol–water partition coefficient (Wildman–Crippen LogP) is 2.33. The predicted molar refractivity (Wildman–Crippen MR) is 58.4 cm³/mol. The Kier molecular flexibility index (Phi) is 2.85. The number of rotatable bonds is 2. The first-order valence-electron chi connectivity index (χ1n) is 5.97. The fourth-order valence-electron chi connectivity index (χ4n) is 3.08. The lowest BCUT2D eigenvalue weighted by atomic mass is 9.87. The highest BCUT2D eigenvalue weighted by Gasteiger charge is 2.37. The molecule has 2 nitrogen and oxygen atoms in total. The molecule has 0 amide bonds. The van der Waals surface area contributed by atoms with Crippen LogP contribution >= 0.6 is 0 Å². The summed E-state index contributed by atoms with van der Waals surface area (Å²) in [7, 11) is 0. The van der Waals surface area contributed by atoms with E-state index in [2.05, 4.69) is 26.1 Å². The lowest BCUT2D eigenvalue weighted by molar-refractivity contribution is -0.0523. The number of hydrogen-bond acceptors (Lipinski definition) is 2. The van der Waals surface area contributed by atoms with Gasteiger partial charge in [-0.3, -0.25) is 0 Å². The van der Waals surface area contributed by atoms with E-state index in [0.717, 1.165) is 12.5 Å². The second-order valence-electron chi connectivity index (χ2n) is 5.70. The van der Waals surface area contributed by atoms with E-state index in [1.807, 2.05) is 0 Å². The summed E-state index contributed by atoms with van der Waals surface area (Å²) in [4.78, 5) is 0. The van der Waals surface area contributed by atoms with Crippen LogP contribution < -0.4 is 5.32 Å². The van der Waals surface area contributed by atoms with E-state index in [4.69, 9.17) is 4.74 Å². The number of ether oxygens (including phenoxy) is 1. The summed E-state index contributed by atoms with van der Waals surface area (Å²) in [6, 6.07) is 1.35. The van der Waals surface area contributed by atoms with Crippen LogP contribution in [0, 0.1) is 5.92 Å². The Morgan fingerprint density at radius 3 is 2.79 bits per heavy atom. The molecule has 0 aliphatic carbocycles. The van der Waals surface area contributed by atoms with Crippen LogP contribution in [-0.4, -0.2) is 24.3 Å². The summed E-state index contributed by atoms with van der Waals surface area (Å²) in [5, 5.41) is 3.66. The summed E-state index contributed by atoms with van der Waals surface area (Å²) in [5.41, 5.74) is 0.126. The molecule has 0 radical (unpaired) electrons. The zero-order valence-corrected chi connectivity index (χ0v) is 9.68. The van der Waals surface area contributed by atoms with E-state index in [0.29, 0.717) is 12.1 Å². The Morgan fingerprint density at radius 2 is 2.07 bits per heavy atom. The minimum Gasteiger partial charge on any atom is -0.374 e. The Morgan fingerprint density at radius 1 is 1.36 bits per heavy atom. The third kappa shape index (κ3) is 2.29. The first kappa shape index (κ1) is 10.4. The van der Waals surface area contributed by atoms with Gasteiger partial charge in [-0.15, -0.1) is 0 Å². The molecular weight excluding hydrogens is 174 g/mol. The molecule has 2 fully saturated rings. The Bertz CT molecular complexity index is 204. The molecule has 2 heterocycles. The molecule has 2 aliphatic heterocycles. The van der Waals surface area contributed by atoms with Gasteiger partial charge in [-0.2, -0.15) is 0 Å². The Balaban J connectivity index is 1.99. The topological polar surface area (TPSA) is 21.3 Å². The maximum atomic E-state index is 6.07. The van der Waals surface area contributed by atoms with Gasteiger partial charge >= 0.3 is 0 Å². The van der Waals surface area contributed by atoms with Gasteiger partial charge in [0.2, 0.25) is 0 Å². The second-order valence-corrected chi connectivity index (χ2v) is 5.70. The highest BCUT2D eigenvalue weighted by molar-refractivity contribution is 4.93. The lowest BCUT2D eigenvalue weighted by Crippen LogP contribution is -2.35. The van der Waals surface area contributed by atoms with Crippen LogP contribution in [0.2, 0.25) is 0 Å². The molecule has 0 aromatic rings. The van der Waals surface area contributed by atoms with Crippen molar-refractivity contribution in [1.82, 2.24) is 5.32 Å². The van der Waals surface area contributed by atoms with E-state index in [1.165, 1.54) is 25.7 Å². The fourth-order valence-corrected chi connectivity index (χ4v) is 3.08. The maximum Gasteiger partial charge on any atom is 0.0672 e. The van der Waals surface area contributed by atoms with Crippen LogP contribution in [0.1, 0.15) is 46.5 Å². The van der Waals surface area contributed by atoms with Crippen molar-refractivity contribution in [3.63, 3.8) is 0 Å². The molecule has 0 aromatic heterocycles. The van der Waals surface area contributed by atoms with Gasteiger partial charge in [0.15, 0.2) is 0 Å². The van der Waals surface area contributed by atoms with Crippen molar-refractivity contribution in [2.45, 2.75) is 64.1 Å². The molecular formula is C12H23NO. The summed E-state index contributed by atoms with van der Waals surface area (Å²) >= 11 is 0. The molecule has 2 rings (SSSR count). The van der Waals surface area contributed by atoms with Crippen LogP contribution in [-0.2, 0) is 4.74 Å². The fraction of sp³-hybridized carbons (Fsp3) is 1.00. The zero-order chi connectivity index (χ0) is 10.2. The Labute approximate surface area is 87.4 Å². The molecule has 3 atom stereocenters. The Hall–Kier alpha value is -0.0800. The summed E-state index contributed by atoms with van der Waals surface area (Å²) in [5.74, 6) is 0.733. The third-order valence-electron chi connectivity index (χ3n) is 3.49. The van der Waals surface area contributed by atoms with Crippen molar-refractivity contribution in [2.24, 2.45) is 5.92 Å². The van der Waals surface area contributed by atoms with E-state index in [-0.39, 0.29) is 5.60 Å². The van der Waals surface area contributed by atoms with Crippen LogP contribution in [0.25, 0.3) is 0 Å². The number of fused-ring (bicyclic) bond motifs is 2. The van der Waals surface area contributed by atoms with Crippen molar-refractivity contribution >= 4 is 0 Å². The van der Waals surface area contributed by atoms with Crippen molar-refractivity contribution in [1.29, 1.82) is 0 Å². The number of hydrogen-bond donors (Lipinski definition) is 1. The first-order valence-corrected chi connectivity index (χ1v) is 5.97. The monoisotopic (exact) mass is 197 g/mol. The van der Waals surface area contributed by atoms with Crippen LogP contribution in [0.5, 0.6) is 0 Å². The standard InChI is InChI=1S/C12H23NO/c1-9(2)6-12(3)7-10-4-5-11(13-10)8-14-12/h9-11,13H,4-8H2,1-3H3. The van der Waals surface area contributed by atoms with Crippen LogP contribution in [0.3, 0.4) is 0 Å². The van der Waals surface area contributed by atoms with E-state index < -0.39 is 0 Å². The van der Waals surface area contributed by atoms with Gasteiger partial charge in [-0.05, 0) is 38.5 Å². The van der Waals surface area contributed by atoms with Gasteiger partial charge in [0.1, 0.15) is 0 Å². The van der Waals surface area contributed by atoms with Crippen LogP contribution in [0.15, 0.2) is 0 Å². The molecule has 1 N–H and O–H groups in total. The second kappa shape index (κ2) is 3.82. The van der Waals surface area contributed by atoms with Crippen LogP contribution in [0.4, 0.5) is 0 Å². The highest BCUT2D eigenvalue weighted by Crippen LogP contribution is 2.33. The molecule has 0 aromatic carbocycles. The average molecular weight is 197 g/mol. The third-order valence-corrected chi connectivity index (χ3v) is 3.49. The molecule has 14 heavy (non-hydrogen) atoms. The first-order chi connectivity index (χ1) is 6.57. The molecule has 2 aliphatic rings. The maximum absolute atomic E-state index is 6.07. The molecule has 2 saturated heterocycles. The number of nitrogens with one attached hydrogen (secondary N) is 1. The largest absolute Gasteiger partial charge is 0.374 e. The van der Waals surface area contributed by atoms with Crippen molar-refractivity contribution in [3.05, 3.63) is 0 Å². The van der Waals surface area contributed by atoms with E-state index in [1.54, 1.807) is 0 Å². The van der Waals surface area contributed by atoms with Gasteiger partial charge in [0.05, 0.1) is 12.2 Å². The van der Waals surface area contributed by atoms with Crippen molar-refractivity contribution < 1.29 is 4.74 Å². The van der Waals surface area contributed by atoms with Gasteiger partial charge in [-0.25, -0.2) is 0 Å². The lowest BCUT2D eigenvalue weighted by Gasteiger charge is -2.32. The normalized spacial score (nSPS) is 42.9. The van der Waals surface area contributed by atoms with E-state index >= 15 is 0 Å². The molecule has 0 saturated carbocycles. The summed E-state index contributed by atoms with van der Waals surface area (Å²) in [6.45, 7) is 7.77. The molecule has 0 spiro atoms. The molecule has 2 heteroatoms. The smallest absolute Gasteiger partial charge is 0.0672 e.